The average molecular weight is 715 g/mol. The van der Waals surface area contributed by atoms with Gasteiger partial charge in [0.25, 0.3) is 0 Å². The van der Waals surface area contributed by atoms with Crippen LogP contribution in [0.5, 0.6) is 0 Å². The van der Waals surface area contributed by atoms with Gasteiger partial charge >= 0.3 is 0 Å². The quantitative estimate of drug-likeness (QED) is 0.0488. The molecule has 0 radical (unpaired) electrons. The van der Waals surface area contributed by atoms with Gasteiger partial charge in [-0.25, -0.2) is 0 Å². The van der Waals surface area contributed by atoms with Crippen LogP contribution in [0.4, 0.5) is 0 Å². The molecule has 1 fully saturated rings. The smallest absolute Gasteiger partial charge is 0.168 e. The molecule has 0 aromatic rings. The van der Waals surface area contributed by atoms with Gasteiger partial charge in [-0.1, -0.05) is 193 Å². The largest absolute Gasteiger partial charge is 0.350 e. The zero-order chi connectivity index (χ0) is 37.8. The summed E-state index contributed by atoms with van der Waals surface area (Å²) in [5, 5.41) is 0. The summed E-state index contributed by atoms with van der Waals surface area (Å²) in [5.74, 6) is 0.299. The van der Waals surface area contributed by atoms with Crippen molar-refractivity contribution < 1.29 is 9.47 Å². The molecular weight excluding hydrogens is 621 g/mol. The molecule has 0 spiro atoms. The first-order valence-corrected chi connectivity index (χ1v) is 23.1. The molecule has 0 saturated carbocycles. The van der Waals surface area contributed by atoms with Crippen molar-refractivity contribution in [3.8, 4) is 0 Å². The van der Waals surface area contributed by atoms with E-state index in [1.165, 1.54) is 167 Å². The highest BCUT2D eigenvalue weighted by atomic mass is 16.7. The molecule has 302 valence electrons. The molecular formula is C49H94O2. The lowest BCUT2D eigenvalue weighted by Gasteiger charge is -2.41. The molecule has 51 heavy (non-hydrogen) atoms. The zero-order valence-corrected chi connectivity index (χ0v) is 36.1. The molecule has 0 unspecified atom stereocenters. The fourth-order valence-electron chi connectivity index (χ4n) is 6.66. The van der Waals surface area contributed by atoms with Crippen LogP contribution in [0.2, 0.25) is 0 Å². The van der Waals surface area contributed by atoms with Crippen molar-refractivity contribution in [1.29, 1.82) is 0 Å². The van der Waals surface area contributed by atoms with Gasteiger partial charge in [0.05, 0.1) is 13.2 Å². The van der Waals surface area contributed by atoms with E-state index < -0.39 is 0 Å². The predicted octanol–water partition coefficient (Wildman–Crippen LogP) is 17.4. The normalized spacial score (nSPS) is 14.8. The molecule has 0 aliphatic carbocycles. The van der Waals surface area contributed by atoms with Gasteiger partial charge in [0, 0.05) is 18.8 Å². The molecule has 0 amide bonds. The Kier molecular flexibility index (Phi) is 45.9. The van der Waals surface area contributed by atoms with Crippen LogP contribution in [0, 0.1) is 5.92 Å². The first kappa shape index (κ1) is 52.0. The van der Waals surface area contributed by atoms with Gasteiger partial charge in [0.1, 0.15) is 0 Å². The zero-order valence-electron chi connectivity index (χ0n) is 36.1. The Morgan fingerprint density at radius 3 is 1.08 bits per heavy atom. The summed E-state index contributed by atoms with van der Waals surface area (Å²) in [6, 6.07) is 0. The van der Waals surface area contributed by atoms with E-state index in [0.29, 0.717) is 5.92 Å². The Balaban J connectivity index is 0. The van der Waals surface area contributed by atoms with Crippen molar-refractivity contribution in [3.63, 3.8) is 0 Å². The Labute approximate surface area is 323 Å². The third-order valence-corrected chi connectivity index (χ3v) is 9.90. The predicted molar refractivity (Wildman–Crippen MR) is 233 cm³/mol. The number of rotatable bonds is 34. The Morgan fingerprint density at radius 1 is 0.392 bits per heavy atom. The molecule has 1 rings (SSSR count). The molecule has 0 aromatic carbocycles. The van der Waals surface area contributed by atoms with Crippen molar-refractivity contribution >= 4 is 0 Å². The molecule has 0 bridgehead atoms. The molecule has 1 aliphatic rings. The van der Waals surface area contributed by atoms with Crippen molar-refractivity contribution in [2.45, 2.75) is 247 Å². The molecule has 0 aromatic heterocycles. The maximum Gasteiger partial charge on any atom is 0.168 e. The van der Waals surface area contributed by atoms with E-state index in [1.54, 1.807) is 0 Å². The summed E-state index contributed by atoms with van der Waals surface area (Å²) < 4.78 is 13.2. The van der Waals surface area contributed by atoms with Gasteiger partial charge in [0.2, 0.25) is 0 Å². The second-order valence-corrected chi connectivity index (χ2v) is 14.6. The van der Waals surface area contributed by atoms with Crippen molar-refractivity contribution in [3.05, 3.63) is 48.6 Å². The van der Waals surface area contributed by atoms with Crippen LogP contribution in [0.3, 0.4) is 0 Å². The summed E-state index contributed by atoms with van der Waals surface area (Å²) >= 11 is 0. The molecule has 1 saturated heterocycles. The number of hydrogen-bond acceptors (Lipinski definition) is 2. The van der Waals surface area contributed by atoms with Crippen LogP contribution in [0.25, 0.3) is 0 Å². The maximum absolute atomic E-state index is 6.61. The van der Waals surface area contributed by atoms with E-state index in [9.17, 15) is 0 Å². The molecule has 0 atom stereocenters. The van der Waals surface area contributed by atoms with E-state index in [1.807, 2.05) is 27.7 Å². The number of allylic oxidation sites excluding steroid dienone is 8. The van der Waals surface area contributed by atoms with Crippen LogP contribution >= 0.6 is 0 Å². The van der Waals surface area contributed by atoms with Gasteiger partial charge < -0.3 is 9.47 Å². The minimum absolute atomic E-state index is 0.300. The lowest BCUT2D eigenvalue weighted by Crippen LogP contribution is -2.44. The second-order valence-electron chi connectivity index (χ2n) is 14.6. The summed E-state index contributed by atoms with van der Waals surface area (Å²) in [5.41, 5.74) is 0. The topological polar surface area (TPSA) is 18.5 Å². The highest BCUT2D eigenvalue weighted by Crippen LogP contribution is 2.34. The first-order valence-electron chi connectivity index (χ1n) is 23.1. The SMILES string of the molecule is CC.CC.CCCCC/C=C\C/C=C\CCCCCCCCC1(CCCCCCCC/C=C\C/C=C\CCCCC)OCC(CCCCC)CO1. The van der Waals surface area contributed by atoms with Gasteiger partial charge in [-0.15, -0.1) is 0 Å². The standard InChI is InChI=1S/C45H82O2.2C2H6/c1-4-7-10-12-14-16-18-20-22-24-26-28-30-32-34-37-40-45(46-42-44(43-47-45)39-36-9-6-3)41-38-35-33-31-29-27-25-23-21-19-17-15-13-11-8-5-2;2*1-2/h14-17,20-23,44H,4-13,18-19,24-43H2,1-3H3;2*1-2H3/b16-14-,17-15-,22-20-,23-21-;;. The van der Waals surface area contributed by atoms with Crippen molar-refractivity contribution in [1.82, 2.24) is 0 Å². The van der Waals surface area contributed by atoms with Gasteiger partial charge in [-0.05, 0) is 83.5 Å². The number of unbranched alkanes of at least 4 members (excludes halogenated alkanes) is 20. The minimum atomic E-state index is -0.300. The number of hydrogen-bond donors (Lipinski definition) is 0. The third kappa shape index (κ3) is 37.0. The molecule has 0 N–H and O–H groups in total. The summed E-state index contributed by atoms with van der Waals surface area (Å²) in [6.07, 6.45) is 57.4. The van der Waals surface area contributed by atoms with E-state index >= 15 is 0 Å². The van der Waals surface area contributed by atoms with E-state index in [2.05, 4.69) is 69.4 Å². The van der Waals surface area contributed by atoms with Crippen LogP contribution in [-0.4, -0.2) is 19.0 Å². The van der Waals surface area contributed by atoms with E-state index in [0.717, 1.165) is 38.9 Å². The highest BCUT2D eigenvalue weighted by molar-refractivity contribution is 4.93. The summed E-state index contributed by atoms with van der Waals surface area (Å²) in [4.78, 5) is 0. The molecule has 2 heteroatoms. The van der Waals surface area contributed by atoms with Crippen LogP contribution in [-0.2, 0) is 9.47 Å². The van der Waals surface area contributed by atoms with E-state index in [-0.39, 0.29) is 5.79 Å². The maximum atomic E-state index is 6.61. The van der Waals surface area contributed by atoms with Crippen LogP contribution in [0.1, 0.15) is 241 Å². The van der Waals surface area contributed by atoms with Gasteiger partial charge in [-0.2, -0.15) is 0 Å². The highest BCUT2D eigenvalue weighted by Gasteiger charge is 2.36. The molecule has 1 aliphatic heterocycles. The lowest BCUT2D eigenvalue weighted by atomic mass is 9.96. The summed E-state index contributed by atoms with van der Waals surface area (Å²) in [6.45, 7) is 16.7. The molecule has 1 heterocycles. The van der Waals surface area contributed by atoms with Crippen LogP contribution in [0.15, 0.2) is 48.6 Å². The fraction of sp³-hybridized carbons (Fsp3) is 0.837. The van der Waals surface area contributed by atoms with Gasteiger partial charge in [-0.3, -0.25) is 0 Å². The minimum Gasteiger partial charge on any atom is -0.350 e. The van der Waals surface area contributed by atoms with E-state index in [4.69, 9.17) is 9.47 Å². The second kappa shape index (κ2) is 45.0. The van der Waals surface area contributed by atoms with Crippen molar-refractivity contribution in [2.24, 2.45) is 5.92 Å². The Bertz CT molecular complexity index is 689. The monoisotopic (exact) mass is 715 g/mol. The van der Waals surface area contributed by atoms with Crippen LogP contribution < -0.4 is 0 Å². The Morgan fingerprint density at radius 2 is 0.706 bits per heavy atom. The molecule has 2 nitrogen and oxygen atoms in total. The number of ether oxygens (including phenoxy) is 2. The fourth-order valence-corrected chi connectivity index (χ4v) is 6.66. The third-order valence-electron chi connectivity index (χ3n) is 9.90. The Hall–Kier alpha value is -1.12. The first-order chi connectivity index (χ1) is 25.3. The van der Waals surface area contributed by atoms with Crippen molar-refractivity contribution in [2.75, 3.05) is 13.2 Å². The van der Waals surface area contributed by atoms with Gasteiger partial charge in [0.15, 0.2) is 5.79 Å². The summed E-state index contributed by atoms with van der Waals surface area (Å²) in [7, 11) is 0. The average Bonchev–Trinajstić information content (AvgIpc) is 3.17. The lowest BCUT2D eigenvalue weighted by molar-refractivity contribution is -0.290.